The number of aliphatic hydroxyl groups excluding tert-OH is 1. The van der Waals surface area contributed by atoms with Crippen molar-refractivity contribution in [3.63, 3.8) is 0 Å². The van der Waals surface area contributed by atoms with E-state index in [9.17, 15) is 35.3 Å². The first-order chi connectivity index (χ1) is 10.0. The molecule has 0 amide bonds. The Bertz CT molecular complexity index is 570. The Morgan fingerprint density at radius 1 is 1.17 bits per heavy atom. The lowest BCUT2D eigenvalue weighted by molar-refractivity contribution is -0.893. The Morgan fingerprint density at radius 3 is 2.08 bits per heavy atom. The number of alkyl halides is 2. The van der Waals surface area contributed by atoms with E-state index in [0.717, 1.165) is 0 Å². The lowest BCUT2D eigenvalue weighted by Crippen LogP contribution is -2.47. The molecule has 0 radical (unpaired) electrons. The van der Waals surface area contributed by atoms with Gasteiger partial charge < -0.3 is 14.1 Å². The molecule has 0 aromatic heterocycles. The van der Waals surface area contributed by atoms with Crippen molar-refractivity contribution in [3.05, 3.63) is 0 Å². The Kier molecular flexibility index (Phi) is 10.1. The van der Waals surface area contributed by atoms with Gasteiger partial charge in [-0.25, -0.2) is 25.6 Å². The third-order valence-electron chi connectivity index (χ3n) is 3.04. The highest BCUT2D eigenvalue weighted by atomic mass is 32.2. The number of likely N-dealkylation sites (N-methyl/N-ethyl adjacent to an activating group) is 1. The Hall–Kier alpha value is -0.360. The maximum atomic E-state index is 12.7. The van der Waals surface area contributed by atoms with Gasteiger partial charge in [-0.15, -0.1) is 0 Å². The summed E-state index contributed by atoms with van der Waals surface area (Å²) < 4.78 is 80.2. The number of unbranched alkanes of at least 4 members (excludes halogenated alkanes) is 1. The van der Waals surface area contributed by atoms with Gasteiger partial charge in [0.1, 0.15) is 18.4 Å². The largest absolute Gasteiger partial charge is 0.748 e. The van der Waals surface area contributed by atoms with Gasteiger partial charge >= 0.3 is 0 Å². The van der Waals surface area contributed by atoms with Crippen molar-refractivity contribution < 1.29 is 39.8 Å². The fourth-order valence-corrected chi connectivity index (χ4v) is 4.41. The van der Waals surface area contributed by atoms with Crippen LogP contribution in [0.2, 0.25) is 0 Å². The Balaban J connectivity index is 0. The van der Waals surface area contributed by atoms with Crippen LogP contribution in [0.3, 0.4) is 0 Å². The molecule has 0 heterocycles. The highest BCUT2D eigenvalue weighted by Crippen LogP contribution is 2.16. The highest BCUT2D eigenvalue weighted by Gasteiger charge is 2.29. The van der Waals surface area contributed by atoms with Gasteiger partial charge in [-0.1, -0.05) is 7.43 Å². The van der Waals surface area contributed by atoms with Gasteiger partial charge in [-0.2, -0.15) is 0 Å². The topological polar surface area (TPSA) is 112 Å². The molecule has 11 heteroatoms. The van der Waals surface area contributed by atoms with E-state index in [-0.39, 0.29) is 30.6 Å². The molecule has 0 bridgehead atoms. The molecule has 148 valence electrons. The van der Waals surface area contributed by atoms with Crippen molar-refractivity contribution in [2.45, 2.75) is 39.2 Å². The number of hydrogen-bond acceptors (Lipinski definition) is 6. The second kappa shape index (κ2) is 9.37. The van der Waals surface area contributed by atoms with Crippen LogP contribution < -0.4 is 0 Å². The molecule has 1 atom stereocenters. The van der Waals surface area contributed by atoms with Gasteiger partial charge in [0, 0.05) is 6.92 Å². The minimum atomic E-state index is -4.52. The van der Waals surface area contributed by atoms with Crippen LogP contribution in [0.25, 0.3) is 0 Å². The second-order valence-corrected chi connectivity index (χ2v) is 10.2. The molecule has 0 aliphatic heterocycles. The van der Waals surface area contributed by atoms with E-state index in [4.69, 9.17) is 0 Å². The zero-order valence-electron chi connectivity index (χ0n) is 13.5. The zero-order valence-corrected chi connectivity index (χ0v) is 15.2. The Labute approximate surface area is 143 Å². The number of halogens is 2. The van der Waals surface area contributed by atoms with Crippen LogP contribution in [-0.2, 0) is 20.0 Å². The molecule has 0 aromatic carbocycles. The molecule has 0 saturated heterocycles. The van der Waals surface area contributed by atoms with Crippen molar-refractivity contribution >= 4 is 20.0 Å². The number of hydrogen-bond donors (Lipinski definition) is 1. The predicted octanol–water partition coefficient (Wildman–Crippen LogP) is 0.455. The smallest absolute Gasteiger partial charge is 0.259 e. The number of aliphatic hydroxyl groups is 1. The molecule has 24 heavy (non-hydrogen) atoms. The van der Waals surface area contributed by atoms with Crippen LogP contribution in [0.5, 0.6) is 0 Å². The van der Waals surface area contributed by atoms with Gasteiger partial charge in [0.05, 0.1) is 42.3 Å². The first-order valence-corrected chi connectivity index (χ1v) is 10.4. The fourth-order valence-electron chi connectivity index (χ4n) is 2.27. The number of rotatable bonds is 11. The highest BCUT2D eigenvalue weighted by molar-refractivity contribution is 7.91. The normalized spacial score (nSPS) is 15.0. The average molecular weight is 398 g/mol. The van der Waals surface area contributed by atoms with E-state index in [1.165, 1.54) is 0 Å². The summed E-state index contributed by atoms with van der Waals surface area (Å²) in [5.74, 6) is -5.68. The fraction of sp³-hybridized carbons (Fsp3) is 1.00. The van der Waals surface area contributed by atoms with E-state index in [2.05, 4.69) is 0 Å². The molecule has 0 aromatic rings. The van der Waals surface area contributed by atoms with Crippen LogP contribution in [0.15, 0.2) is 0 Å². The summed E-state index contributed by atoms with van der Waals surface area (Å²) in [5.41, 5.74) is 0. The van der Waals surface area contributed by atoms with Crippen molar-refractivity contribution in [1.82, 2.24) is 0 Å². The second-order valence-electron chi connectivity index (χ2n) is 6.59. The van der Waals surface area contributed by atoms with Crippen LogP contribution in [-0.4, -0.2) is 87.4 Å². The van der Waals surface area contributed by atoms with Gasteiger partial charge in [0.25, 0.3) is 5.92 Å². The quantitative estimate of drug-likeness (QED) is 0.308. The summed E-state index contributed by atoms with van der Waals surface area (Å²) in [7, 11) is -4.97. The lowest BCUT2D eigenvalue weighted by Gasteiger charge is -2.32. The SMILES string of the molecule is C.CC(F)(F)CS(=O)(=O)CCCC[N+](C)(C)CC(O)CS(=O)(=O)[O-]. The molecule has 7 nitrogen and oxygen atoms in total. The maximum Gasteiger partial charge on any atom is 0.259 e. The van der Waals surface area contributed by atoms with E-state index in [1.807, 2.05) is 0 Å². The molecule has 0 fully saturated rings. The molecule has 1 N–H and O–H groups in total. The molecular formula is C13H29F2NO6S2. The molecule has 0 aliphatic carbocycles. The number of sulfone groups is 1. The summed E-state index contributed by atoms with van der Waals surface area (Å²) in [6.07, 6.45) is -0.719. The van der Waals surface area contributed by atoms with Crippen LogP contribution >= 0.6 is 0 Å². The number of nitrogens with zero attached hydrogens (tertiary/aromatic N) is 1. The van der Waals surface area contributed by atoms with Crippen LogP contribution in [0, 0.1) is 0 Å². The van der Waals surface area contributed by atoms with E-state index in [1.54, 1.807) is 14.1 Å². The van der Waals surface area contributed by atoms with Gasteiger partial charge in [0.2, 0.25) is 0 Å². The van der Waals surface area contributed by atoms with E-state index < -0.39 is 43.5 Å². The maximum absolute atomic E-state index is 12.7. The van der Waals surface area contributed by atoms with Crippen molar-refractivity contribution in [3.8, 4) is 0 Å². The van der Waals surface area contributed by atoms with Crippen molar-refractivity contribution in [2.24, 2.45) is 0 Å². The first-order valence-electron chi connectivity index (χ1n) is 7.03. The predicted molar refractivity (Wildman–Crippen MR) is 87.7 cm³/mol. The molecule has 0 aliphatic rings. The molecule has 1 unspecified atom stereocenters. The van der Waals surface area contributed by atoms with Crippen LogP contribution in [0.1, 0.15) is 27.2 Å². The molecule has 0 saturated carbocycles. The summed E-state index contributed by atoms with van der Waals surface area (Å²) in [4.78, 5) is 0. The molecular weight excluding hydrogens is 368 g/mol. The lowest BCUT2D eigenvalue weighted by atomic mass is 10.2. The van der Waals surface area contributed by atoms with E-state index >= 15 is 0 Å². The minimum Gasteiger partial charge on any atom is -0.748 e. The average Bonchev–Trinajstić information content (AvgIpc) is 2.16. The summed E-state index contributed by atoms with van der Waals surface area (Å²) >= 11 is 0. The molecule has 0 rings (SSSR count). The van der Waals surface area contributed by atoms with Gasteiger partial charge in [-0.05, 0) is 12.8 Å². The standard InChI is InChI=1S/C12H25F2NO6S2.CH4/c1-12(13,14)10-22(17,18)7-5-4-6-15(2,3)8-11(16)9-23(19,20)21;/h11,16H,4-10H2,1-3H3;1H4. The zero-order chi connectivity index (χ0) is 18.5. The van der Waals surface area contributed by atoms with Gasteiger partial charge in [0.15, 0.2) is 9.84 Å². The summed E-state index contributed by atoms with van der Waals surface area (Å²) in [5, 5.41) is 9.56. The minimum absolute atomic E-state index is 0. The van der Waals surface area contributed by atoms with Crippen molar-refractivity contribution in [2.75, 3.05) is 44.4 Å². The summed E-state index contributed by atoms with van der Waals surface area (Å²) in [6.45, 7) is 0.977. The molecule has 0 spiro atoms. The first kappa shape index (κ1) is 25.9. The third kappa shape index (κ3) is 15.2. The monoisotopic (exact) mass is 397 g/mol. The number of quaternary nitrogens is 1. The third-order valence-corrected chi connectivity index (χ3v) is 5.69. The van der Waals surface area contributed by atoms with E-state index in [0.29, 0.717) is 19.9 Å². The van der Waals surface area contributed by atoms with Crippen molar-refractivity contribution in [1.29, 1.82) is 0 Å². The Morgan fingerprint density at radius 2 is 1.67 bits per heavy atom. The summed E-state index contributed by atoms with van der Waals surface area (Å²) in [6, 6.07) is 0. The van der Waals surface area contributed by atoms with Gasteiger partial charge in [-0.3, -0.25) is 0 Å². The van der Waals surface area contributed by atoms with Crippen LogP contribution in [0.4, 0.5) is 8.78 Å².